The fraction of sp³-hybridized carbons (Fsp3) is 1.00. The first-order valence-electron chi connectivity index (χ1n) is 5.38. The molecule has 1 unspecified atom stereocenters. The largest absolute Gasteiger partial charge is 0.301 e. The number of rotatable bonds is 1. The van der Waals surface area contributed by atoms with E-state index in [0.29, 0.717) is 17.5 Å². The Bertz CT molecular complexity index is 150. The van der Waals surface area contributed by atoms with Crippen LogP contribution in [0, 0.1) is 5.41 Å². The van der Waals surface area contributed by atoms with Gasteiger partial charge in [-0.15, -0.1) is 0 Å². The fourth-order valence-corrected chi connectivity index (χ4v) is 1.88. The minimum absolute atomic E-state index is 0.406. The molecular formula is C11H24N2. The third-order valence-corrected chi connectivity index (χ3v) is 3.02. The van der Waals surface area contributed by atoms with Crippen molar-refractivity contribution in [1.29, 1.82) is 0 Å². The van der Waals surface area contributed by atoms with Gasteiger partial charge < -0.3 is 5.32 Å². The third kappa shape index (κ3) is 2.96. The summed E-state index contributed by atoms with van der Waals surface area (Å²) in [5.74, 6) is 0. The van der Waals surface area contributed by atoms with E-state index >= 15 is 0 Å². The molecule has 0 saturated carbocycles. The summed E-state index contributed by atoms with van der Waals surface area (Å²) in [6.07, 6.45) is 1.28. The van der Waals surface area contributed by atoms with Gasteiger partial charge in [0.2, 0.25) is 0 Å². The minimum Gasteiger partial charge on any atom is -0.301 e. The molecule has 1 aliphatic heterocycles. The highest BCUT2D eigenvalue weighted by Crippen LogP contribution is 2.24. The summed E-state index contributed by atoms with van der Waals surface area (Å²) in [5.41, 5.74) is 0.406. The minimum atomic E-state index is 0.406. The van der Waals surface area contributed by atoms with Gasteiger partial charge in [-0.1, -0.05) is 20.8 Å². The van der Waals surface area contributed by atoms with Crippen molar-refractivity contribution >= 4 is 0 Å². The Morgan fingerprint density at radius 2 is 1.92 bits per heavy atom. The van der Waals surface area contributed by atoms with Crippen LogP contribution in [0.1, 0.15) is 41.0 Å². The van der Waals surface area contributed by atoms with Crippen LogP contribution < -0.4 is 5.32 Å². The van der Waals surface area contributed by atoms with Crippen molar-refractivity contribution in [3.63, 3.8) is 0 Å². The summed E-state index contributed by atoms with van der Waals surface area (Å²) in [4.78, 5) is 2.49. The lowest BCUT2D eigenvalue weighted by molar-refractivity contribution is 0.104. The van der Waals surface area contributed by atoms with Crippen LogP contribution in [-0.4, -0.2) is 30.2 Å². The number of hydrogen-bond acceptors (Lipinski definition) is 2. The molecule has 0 aromatic rings. The normalized spacial score (nSPS) is 26.8. The molecule has 1 N–H and O–H groups in total. The van der Waals surface area contributed by atoms with Crippen LogP contribution in [0.15, 0.2) is 0 Å². The van der Waals surface area contributed by atoms with Crippen LogP contribution in [0.2, 0.25) is 0 Å². The fourth-order valence-electron chi connectivity index (χ4n) is 1.88. The van der Waals surface area contributed by atoms with Gasteiger partial charge in [0.05, 0.1) is 0 Å². The molecule has 1 rings (SSSR count). The molecule has 1 aliphatic rings. The lowest BCUT2D eigenvalue weighted by atomic mass is 9.84. The van der Waals surface area contributed by atoms with Crippen LogP contribution in [0.3, 0.4) is 0 Å². The summed E-state index contributed by atoms with van der Waals surface area (Å²) >= 11 is 0. The highest BCUT2D eigenvalue weighted by atomic mass is 15.3. The zero-order valence-electron chi connectivity index (χ0n) is 9.72. The van der Waals surface area contributed by atoms with E-state index in [2.05, 4.69) is 44.8 Å². The van der Waals surface area contributed by atoms with Crippen LogP contribution >= 0.6 is 0 Å². The van der Waals surface area contributed by atoms with Gasteiger partial charge in [0.15, 0.2) is 0 Å². The van der Waals surface area contributed by atoms with E-state index in [1.54, 1.807) is 0 Å². The van der Waals surface area contributed by atoms with E-state index in [1.807, 2.05) is 0 Å². The van der Waals surface area contributed by atoms with Crippen molar-refractivity contribution in [2.24, 2.45) is 5.41 Å². The van der Waals surface area contributed by atoms with E-state index < -0.39 is 0 Å². The molecule has 1 heterocycles. The highest BCUT2D eigenvalue weighted by molar-refractivity contribution is 4.85. The topological polar surface area (TPSA) is 15.3 Å². The lowest BCUT2D eigenvalue weighted by Gasteiger charge is -2.41. The SMILES string of the molecule is CC(C)N1CCC(C(C)(C)C)NC1. The van der Waals surface area contributed by atoms with Gasteiger partial charge in [-0.2, -0.15) is 0 Å². The molecular weight excluding hydrogens is 160 g/mol. The first-order valence-corrected chi connectivity index (χ1v) is 5.38. The second-order valence-corrected chi connectivity index (χ2v) is 5.48. The molecule has 0 aromatic carbocycles. The van der Waals surface area contributed by atoms with Crippen molar-refractivity contribution in [2.75, 3.05) is 13.2 Å². The van der Waals surface area contributed by atoms with Gasteiger partial charge in [-0.3, -0.25) is 4.90 Å². The van der Waals surface area contributed by atoms with Crippen LogP contribution in [0.25, 0.3) is 0 Å². The van der Waals surface area contributed by atoms with Crippen molar-refractivity contribution in [2.45, 2.75) is 53.1 Å². The predicted molar refractivity (Wildman–Crippen MR) is 57.7 cm³/mol. The molecule has 13 heavy (non-hydrogen) atoms. The van der Waals surface area contributed by atoms with Gasteiger partial charge in [0.1, 0.15) is 0 Å². The zero-order chi connectivity index (χ0) is 10.1. The number of hydrogen-bond donors (Lipinski definition) is 1. The second-order valence-electron chi connectivity index (χ2n) is 5.48. The van der Waals surface area contributed by atoms with Gasteiger partial charge in [-0.25, -0.2) is 0 Å². The van der Waals surface area contributed by atoms with Gasteiger partial charge in [-0.05, 0) is 25.7 Å². The van der Waals surface area contributed by atoms with Gasteiger partial charge in [0, 0.05) is 25.3 Å². The van der Waals surface area contributed by atoms with Crippen molar-refractivity contribution in [3.05, 3.63) is 0 Å². The average Bonchev–Trinajstić information content (AvgIpc) is 2.03. The maximum absolute atomic E-state index is 3.62. The summed E-state index contributed by atoms with van der Waals surface area (Å²) in [6.45, 7) is 13.8. The molecule has 0 radical (unpaired) electrons. The van der Waals surface area contributed by atoms with E-state index in [9.17, 15) is 0 Å². The van der Waals surface area contributed by atoms with E-state index in [-0.39, 0.29) is 0 Å². The molecule has 2 nitrogen and oxygen atoms in total. The summed E-state index contributed by atoms with van der Waals surface area (Å²) in [5, 5.41) is 3.62. The van der Waals surface area contributed by atoms with Crippen LogP contribution in [0.5, 0.6) is 0 Å². The van der Waals surface area contributed by atoms with Gasteiger partial charge >= 0.3 is 0 Å². The molecule has 78 valence electrons. The molecule has 0 aromatic heterocycles. The Morgan fingerprint density at radius 1 is 1.31 bits per heavy atom. The molecule has 0 aliphatic carbocycles. The number of nitrogens with zero attached hydrogens (tertiary/aromatic N) is 1. The zero-order valence-corrected chi connectivity index (χ0v) is 9.72. The van der Waals surface area contributed by atoms with E-state index in [0.717, 1.165) is 6.67 Å². The maximum Gasteiger partial charge on any atom is 0.0485 e. The molecule has 1 fully saturated rings. The Labute approximate surface area is 82.7 Å². The average molecular weight is 184 g/mol. The van der Waals surface area contributed by atoms with Crippen LogP contribution in [0.4, 0.5) is 0 Å². The Kier molecular flexibility index (Phi) is 3.36. The summed E-state index contributed by atoms with van der Waals surface area (Å²) in [6, 6.07) is 1.36. The molecule has 0 amide bonds. The maximum atomic E-state index is 3.62. The second kappa shape index (κ2) is 3.97. The first-order chi connectivity index (χ1) is 5.91. The highest BCUT2D eigenvalue weighted by Gasteiger charge is 2.28. The quantitative estimate of drug-likeness (QED) is 0.671. The predicted octanol–water partition coefficient (Wildman–Crippen LogP) is 2.06. The van der Waals surface area contributed by atoms with Crippen molar-refractivity contribution in [1.82, 2.24) is 10.2 Å². The first kappa shape index (κ1) is 11.0. The Morgan fingerprint density at radius 3 is 2.23 bits per heavy atom. The molecule has 1 saturated heterocycles. The third-order valence-electron chi connectivity index (χ3n) is 3.02. The Hall–Kier alpha value is -0.0800. The summed E-state index contributed by atoms with van der Waals surface area (Å²) in [7, 11) is 0. The van der Waals surface area contributed by atoms with Crippen molar-refractivity contribution < 1.29 is 0 Å². The van der Waals surface area contributed by atoms with Crippen molar-refractivity contribution in [3.8, 4) is 0 Å². The molecule has 2 heteroatoms. The molecule has 0 spiro atoms. The van der Waals surface area contributed by atoms with Crippen LogP contribution in [-0.2, 0) is 0 Å². The summed E-state index contributed by atoms with van der Waals surface area (Å²) < 4.78 is 0. The molecule has 0 bridgehead atoms. The monoisotopic (exact) mass is 184 g/mol. The Balaban J connectivity index is 2.39. The van der Waals surface area contributed by atoms with E-state index in [1.165, 1.54) is 13.0 Å². The molecule has 1 atom stereocenters. The van der Waals surface area contributed by atoms with Gasteiger partial charge in [0.25, 0.3) is 0 Å². The number of nitrogens with one attached hydrogen (secondary N) is 1. The standard InChI is InChI=1S/C11H24N2/c1-9(2)13-7-6-10(12-8-13)11(3,4)5/h9-10,12H,6-8H2,1-5H3. The van der Waals surface area contributed by atoms with E-state index in [4.69, 9.17) is 0 Å². The lowest BCUT2D eigenvalue weighted by Crippen LogP contribution is -2.54. The smallest absolute Gasteiger partial charge is 0.0485 e.